The number of piperazine rings is 1. The van der Waals surface area contributed by atoms with E-state index in [1.54, 1.807) is 31.4 Å². The van der Waals surface area contributed by atoms with Gasteiger partial charge in [-0.05, 0) is 36.4 Å². The number of anilines is 2. The van der Waals surface area contributed by atoms with E-state index in [1.165, 1.54) is 7.11 Å². The summed E-state index contributed by atoms with van der Waals surface area (Å²) in [5.74, 6) is 0.952. The largest absolute Gasteiger partial charge is 0.493 e. The van der Waals surface area contributed by atoms with Gasteiger partial charge in [-0.15, -0.1) is 0 Å². The molecule has 1 saturated heterocycles. The number of amides is 2. The molecule has 31 heavy (non-hydrogen) atoms. The molecule has 3 rings (SSSR count). The molecule has 2 aromatic carbocycles. The van der Waals surface area contributed by atoms with Crippen LogP contribution in [-0.2, 0) is 4.79 Å². The third kappa shape index (κ3) is 5.22. The van der Waals surface area contributed by atoms with Crippen molar-refractivity contribution in [3.8, 4) is 11.5 Å². The summed E-state index contributed by atoms with van der Waals surface area (Å²) in [4.78, 5) is 28.9. The predicted octanol–water partition coefficient (Wildman–Crippen LogP) is 3.91. The summed E-state index contributed by atoms with van der Waals surface area (Å²) in [5.41, 5.74) is 1.94. The van der Waals surface area contributed by atoms with E-state index in [9.17, 15) is 9.59 Å². The molecule has 2 aromatic rings. The van der Waals surface area contributed by atoms with Crippen molar-refractivity contribution in [3.05, 3.63) is 47.0 Å². The van der Waals surface area contributed by atoms with Crippen LogP contribution >= 0.6 is 11.6 Å². The lowest BCUT2D eigenvalue weighted by atomic mass is 10.1. The highest BCUT2D eigenvalue weighted by molar-refractivity contribution is 6.33. The number of benzene rings is 2. The molecule has 7 nitrogen and oxygen atoms in total. The van der Waals surface area contributed by atoms with Crippen molar-refractivity contribution in [1.29, 1.82) is 0 Å². The number of rotatable bonds is 6. The Morgan fingerprint density at radius 3 is 2.23 bits per heavy atom. The summed E-state index contributed by atoms with van der Waals surface area (Å²) in [6.45, 7) is 6.61. The topological polar surface area (TPSA) is 71.1 Å². The number of hydrogen-bond donors (Lipinski definition) is 1. The van der Waals surface area contributed by atoms with Crippen LogP contribution in [0.3, 0.4) is 0 Å². The number of halogens is 1. The fourth-order valence-electron chi connectivity index (χ4n) is 3.55. The average Bonchev–Trinajstić information content (AvgIpc) is 2.78. The molecular weight excluding hydrogens is 418 g/mol. The second-order valence-corrected chi connectivity index (χ2v) is 8.06. The molecule has 0 radical (unpaired) electrons. The molecule has 2 amide bonds. The first kappa shape index (κ1) is 22.7. The van der Waals surface area contributed by atoms with E-state index in [4.69, 9.17) is 21.1 Å². The van der Waals surface area contributed by atoms with Crippen molar-refractivity contribution in [2.75, 3.05) is 50.6 Å². The standard InChI is InChI=1S/C23H28ClN3O4/c1-15(2)23(29)27-11-9-26(10-12-27)19-7-6-17(14-18(19)24)25-22(28)16-5-8-20(30-3)21(13-16)31-4/h5-8,13-15H,9-12H2,1-4H3,(H,25,28). The predicted molar refractivity (Wildman–Crippen MR) is 123 cm³/mol. The maximum atomic E-state index is 12.6. The Labute approximate surface area is 187 Å². The van der Waals surface area contributed by atoms with Crippen LogP contribution in [0.1, 0.15) is 24.2 Å². The molecule has 0 atom stereocenters. The van der Waals surface area contributed by atoms with Gasteiger partial charge in [0.2, 0.25) is 5.91 Å². The molecule has 1 aliphatic heterocycles. The number of carbonyl (C=O) groups is 2. The van der Waals surface area contributed by atoms with Gasteiger partial charge in [0.15, 0.2) is 11.5 Å². The monoisotopic (exact) mass is 445 g/mol. The number of hydrogen-bond acceptors (Lipinski definition) is 5. The van der Waals surface area contributed by atoms with Crippen LogP contribution in [0.25, 0.3) is 0 Å². The summed E-state index contributed by atoms with van der Waals surface area (Å²) in [7, 11) is 3.07. The minimum absolute atomic E-state index is 0.00343. The van der Waals surface area contributed by atoms with Gasteiger partial charge in [0, 0.05) is 43.3 Å². The summed E-state index contributed by atoms with van der Waals surface area (Å²) in [6.07, 6.45) is 0. The van der Waals surface area contributed by atoms with Crippen LogP contribution in [0, 0.1) is 5.92 Å². The highest BCUT2D eigenvalue weighted by atomic mass is 35.5. The summed E-state index contributed by atoms with van der Waals surface area (Å²) >= 11 is 6.52. The van der Waals surface area contributed by atoms with Gasteiger partial charge in [0.05, 0.1) is 24.9 Å². The molecule has 0 saturated carbocycles. The van der Waals surface area contributed by atoms with Crippen LogP contribution in [0.2, 0.25) is 5.02 Å². The van der Waals surface area contributed by atoms with Gasteiger partial charge in [-0.1, -0.05) is 25.4 Å². The molecule has 0 bridgehead atoms. The highest BCUT2D eigenvalue weighted by Gasteiger charge is 2.24. The smallest absolute Gasteiger partial charge is 0.255 e. The molecule has 0 spiro atoms. The van der Waals surface area contributed by atoms with Crippen molar-refractivity contribution < 1.29 is 19.1 Å². The average molecular weight is 446 g/mol. The van der Waals surface area contributed by atoms with E-state index in [2.05, 4.69) is 10.2 Å². The molecular formula is C23H28ClN3O4. The Bertz CT molecular complexity index is 956. The lowest BCUT2D eigenvalue weighted by Crippen LogP contribution is -2.50. The Morgan fingerprint density at radius 2 is 1.65 bits per heavy atom. The maximum absolute atomic E-state index is 12.6. The summed E-state index contributed by atoms with van der Waals surface area (Å²) in [5, 5.41) is 3.41. The van der Waals surface area contributed by atoms with Crippen LogP contribution in [-0.4, -0.2) is 57.1 Å². The number of carbonyl (C=O) groups excluding carboxylic acids is 2. The molecule has 1 fully saturated rings. The summed E-state index contributed by atoms with van der Waals surface area (Å²) in [6, 6.07) is 10.4. The van der Waals surface area contributed by atoms with Gasteiger partial charge in [0.1, 0.15) is 0 Å². The van der Waals surface area contributed by atoms with E-state index in [0.717, 1.165) is 18.8 Å². The van der Waals surface area contributed by atoms with Gasteiger partial charge in [-0.25, -0.2) is 0 Å². The normalized spacial score (nSPS) is 13.9. The van der Waals surface area contributed by atoms with E-state index in [0.29, 0.717) is 40.9 Å². The number of ether oxygens (including phenoxy) is 2. The lowest BCUT2D eigenvalue weighted by Gasteiger charge is -2.37. The zero-order valence-electron chi connectivity index (χ0n) is 18.3. The number of methoxy groups -OCH3 is 2. The molecule has 1 heterocycles. The Hall–Kier alpha value is -2.93. The minimum atomic E-state index is -0.273. The van der Waals surface area contributed by atoms with Crippen molar-refractivity contribution in [1.82, 2.24) is 4.90 Å². The van der Waals surface area contributed by atoms with E-state index in [1.807, 2.05) is 30.9 Å². The Balaban J connectivity index is 1.66. The zero-order chi connectivity index (χ0) is 22.5. The molecule has 8 heteroatoms. The molecule has 166 valence electrons. The first-order valence-electron chi connectivity index (χ1n) is 10.2. The Morgan fingerprint density at radius 1 is 0.968 bits per heavy atom. The first-order chi connectivity index (χ1) is 14.8. The van der Waals surface area contributed by atoms with E-state index in [-0.39, 0.29) is 17.7 Å². The molecule has 0 unspecified atom stereocenters. The number of nitrogens with zero attached hydrogens (tertiary/aromatic N) is 2. The molecule has 0 aliphatic carbocycles. The second kappa shape index (κ2) is 9.92. The fraction of sp³-hybridized carbons (Fsp3) is 0.391. The maximum Gasteiger partial charge on any atom is 0.255 e. The van der Waals surface area contributed by atoms with Crippen LogP contribution in [0.4, 0.5) is 11.4 Å². The fourth-order valence-corrected chi connectivity index (χ4v) is 3.85. The van der Waals surface area contributed by atoms with E-state index >= 15 is 0 Å². The quantitative estimate of drug-likeness (QED) is 0.729. The Kier molecular flexibility index (Phi) is 7.28. The van der Waals surface area contributed by atoms with Crippen LogP contribution in [0.5, 0.6) is 11.5 Å². The third-order valence-corrected chi connectivity index (χ3v) is 5.58. The van der Waals surface area contributed by atoms with Crippen LogP contribution in [0.15, 0.2) is 36.4 Å². The SMILES string of the molecule is COc1ccc(C(=O)Nc2ccc(N3CCN(C(=O)C(C)C)CC3)c(Cl)c2)cc1OC. The van der Waals surface area contributed by atoms with Crippen molar-refractivity contribution in [3.63, 3.8) is 0 Å². The highest BCUT2D eigenvalue weighted by Crippen LogP contribution is 2.31. The van der Waals surface area contributed by atoms with Crippen LogP contribution < -0.4 is 19.7 Å². The number of nitrogens with one attached hydrogen (secondary N) is 1. The van der Waals surface area contributed by atoms with Crippen molar-refractivity contribution in [2.45, 2.75) is 13.8 Å². The van der Waals surface area contributed by atoms with Crippen molar-refractivity contribution in [2.24, 2.45) is 5.92 Å². The minimum Gasteiger partial charge on any atom is -0.493 e. The van der Waals surface area contributed by atoms with Gasteiger partial charge < -0.3 is 24.6 Å². The molecule has 1 aliphatic rings. The molecule has 0 aromatic heterocycles. The van der Waals surface area contributed by atoms with E-state index < -0.39 is 0 Å². The van der Waals surface area contributed by atoms with Gasteiger partial charge >= 0.3 is 0 Å². The van der Waals surface area contributed by atoms with Gasteiger partial charge in [-0.2, -0.15) is 0 Å². The zero-order valence-corrected chi connectivity index (χ0v) is 19.0. The van der Waals surface area contributed by atoms with Crippen molar-refractivity contribution >= 4 is 34.8 Å². The van der Waals surface area contributed by atoms with Gasteiger partial charge in [-0.3, -0.25) is 9.59 Å². The first-order valence-corrected chi connectivity index (χ1v) is 10.6. The lowest BCUT2D eigenvalue weighted by molar-refractivity contribution is -0.134. The summed E-state index contributed by atoms with van der Waals surface area (Å²) < 4.78 is 10.5. The molecule has 1 N–H and O–H groups in total. The van der Waals surface area contributed by atoms with Gasteiger partial charge in [0.25, 0.3) is 5.91 Å². The third-order valence-electron chi connectivity index (χ3n) is 5.28. The second-order valence-electron chi connectivity index (χ2n) is 7.66.